The molecule has 106 valence electrons. The molecule has 1 aromatic rings. The fourth-order valence-electron chi connectivity index (χ4n) is 2.26. The van der Waals surface area contributed by atoms with Crippen LogP contribution in [0.4, 0.5) is 5.69 Å². The molecule has 1 heterocycles. The zero-order valence-corrected chi connectivity index (χ0v) is 12.3. The van der Waals surface area contributed by atoms with Gasteiger partial charge in [-0.2, -0.15) is 0 Å². The Morgan fingerprint density at radius 3 is 2.47 bits per heavy atom. The molecule has 0 saturated carbocycles. The molecule has 0 unspecified atom stereocenters. The highest BCUT2D eigenvalue weighted by Gasteiger charge is 2.38. The van der Waals surface area contributed by atoms with E-state index in [9.17, 15) is 4.79 Å². The fourth-order valence-corrected chi connectivity index (χ4v) is 2.52. The third kappa shape index (κ3) is 3.32. The third-order valence-electron chi connectivity index (χ3n) is 3.44. The van der Waals surface area contributed by atoms with Gasteiger partial charge in [0.2, 0.25) is 0 Å². The highest BCUT2D eigenvalue weighted by atomic mass is 35.5. The Bertz CT molecular complexity index is 446. The van der Waals surface area contributed by atoms with Crippen molar-refractivity contribution in [1.82, 2.24) is 0 Å². The molecule has 6 heteroatoms. The fraction of sp³-hybridized carbons (Fsp3) is 0.462. The highest BCUT2D eigenvalue weighted by molar-refractivity contribution is 6.33. The highest BCUT2D eigenvalue weighted by Crippen LogP contribution is 2.30. The van der Waals surface area contributed by atoms with Crippen LogP contribution in [0.25, 0.3) is 0 Å². The number of para-hydroxylation sites is 1. The number of anilines is 1. The first kappa shape index (κ1) is 16.1. The predicted molar refractivity (Wildman–Crippen MR) is 79.1 cm³/mol. The Balaban J connectivity index is 0.00000180. The minimum atomic E-state index is -0.855. The lowest BCUT2D eigenvalue weighted by atomic mass is 9.88. The van der Waals surface area contributed by atoms with Crippen LogP contribution in [0.1, 0.15) is 12.8 Å². The summed E-state index contributed by atoms with van der Waals surface area (Å²) in [5.74, 6) is -0.332. The minimum absolute atomic E-state index is 0. The maximum absolute atomic E-state index is 11.6. The number of methoxy groups -OCH3 is 1. The van der Waals surface area contributed by atoms with Gasteiger partial charge in [-0.3, -0.25) is 4.79 Å². The molecule has 0 aliphatic carbocycles. The Morgan fingerprint density at radius 1 is 1.37 bits per heavy atom. The lowest BCUT2D eigenvalue weighted by Crippen LogP contribution is -2.56. The third-order valence-corrected chi connectivity index (χ3v) is 3.76. The summed E-state index contributed by atoms with van der Waals surface area (Å²) in [5, 5.41) is 0.722. The maximum atomic E-state index is 11.6. The van der Waals surface area contributed by atoms with E-state index in [4.69, 9.17) is 22.1 Å². The molecule has 0 aromatic heterocycles. The maximum Gasteiger partial charge on any atom is 0.325 e. The van der Waals surface area contributed by atoms with E-state index in [0.717, 1.165) is 10.7 Å². The van der Waals surface area contributed by atoms with E-state index in [1.54, 1.807) is 0 Å². The van der Waals surface area contributed by atoms with Crippen LogP contribution in [0.2, 0.25) is 5.02 Å². The largest absolute Gasteiger partial charge is 0.468 e. The summed E-state index contributed by atoms with van der Waals surface area (Å²) in [7, 11) is 1.37. The lowest BCUT2D eigenvalue weighted by molar-refractivity contribution is -0.147. The standard InChI is InChI=1S/C13H17ClN2O2.ClH/c1-18-12(17)13(15)6-8-16(9-7-13)11-5-3-2-4-10(11)14;/h2-5H,6-9,15H2,1H3;1H. The summed E-state index contributed by atoms with van der Waals surface area (Å²) in [6, 6.07) is 7.69. The average Bonchev–Trinajstić information content (AvgIpc) is 2.39. The van der Waals surface area contributed by atoms with E-state index in [-0.39, 0.29) is 18.4 Å². The monoisotopic (exact) mass is 304 g/mol. The Morgan fingerprint density at radius 2 is 1.95 bits per heavy atom. The van der Waals surface area contributed by atoms with Gasteiger partial charge in [0.15, 0.2) is 0 Å². The van der Waals surface area contributed by atoms with Crippen LogP contribution in [-0.2, 0) is 9.53 Å². The quantitative estimate of drug-likeness (QED) is 0.851. The van der Waals surface area contributed by atoms with E-state index in [1.807, 2.05) is 24.3 Å². The van der Waals surface area contributed by atoms with E-state index in [2.05, 4.69) is 4.90 Å². The van der Waals surface area contributed by atoms with Gasteiger partial charge in [-0.1, -0.05) is 23.7 Å². The van der Waals surface area contributed by atoms with Gasteiger partial charge >= 0.3 is 5.97 Å². The predicted octanol–water partition coefficient (Wildman–Crippen LogP) is 2.23. The summed E-state index contributed by atoms with van der Waals surface area (Å²) in [6.07, 6.45) is 1.15. The van der Waals surface area contributed by atoms with Crippen molar-refractivity contribution in [1.29, 1.82) is 0 Å². The molecule has 4 nitrogen and oxygen atoms in total. The zero-order valence-electron chi connectivity index (χ0n) is 10.8. The number of halogens is 2. The van der Waals surface area contributed by atoms with Crippen LogP contribution >= 0.6 is 24.0 Å². The first-order chi connectivity index (χ1) is 8.57. The van der Waals surface area contributed by atoms with Gasteiger partial charge in [0.25, 0.3) is 0 Å². The molecule has 1 aliphatic heterocycles. The SMILES string of the molecule is COC(=O)C1(N)CCN(c2ccccc2Cl)CC1.Cl. The van der Waals surface area contributed by atoms with Gasteiger partial charge < -0.3 is 15.4 Å². The lowest BCUT2D eigenvalue weighted by Gasteiger charge is -2.38. The summed E-state index contributed by atoms with van der Waals surface area (Å²) >= 11 is 6.15. The van der Waals surface area contributed by atoms with Crippen LogP contribution < -0.4 is 10.6 Å². The molecule has 1 saturated heterocycles. The molecule has 0 radical (unpaired) electrons. The number of hydrogen-bond donors (Lipinski definition) is 1. The number of carbonyl (C=O) groups excluding carboxylic acids is 1. The second-order valence-corrected chi connectivity index (χ2v) is 4.99. The van der Waals surface area contributed by atoms with Crippen molar-refractivity contribution in [2.75, 3.05) is 25.1 Å². The molecule has 0 bridgehead atoms. The molecule has 2 N–H and O–H groups in total. The van der Waals surface area contributed by atoms with E-state index >= 15 is 0 Å². The van der Waals surface area contributed by atoms with Gasteiger partial charge in [0.1, 0.15) is 5.54 Å². The van der Waals surface area contributed by atoms with Crippen molar-refractivity contribution in [3.63, 3.8) is 0 Å². The number of benzene rings is 1. The Labute approximate surface area is 124 Å². The minimum Gasteiger partial charge on any atom is -0.468 e. The normalized spacial score (nSPS) is 17.5. The first-order valence-electron chi connectivity index (χ1n) is 5.93. The Hall–Kier alpha value is -0.970. The van der Waals surface area contributed by atoms with Crippen LogP contribution in [0.5, 0.6) is 0 Å². The van der Waals surface area contributed by atoms with Gasteiger partial charge in [0.05, 0.1) is 17.8 Å². The van der Waals surface area contributed by atoms with Gasteiger partial charge in [-0.15, -0.1) is 12.4 Å². The molecular formula is C13H18Cl2N2O2. The molecule has 1 aromatic carbocycles. The van der Waals surface area contributed by atoms with Crippen LogP contribution in [0.3, 0.4) is 0 Å². The van der Waals surface area contributed by atoms with Crippen molar-refractivity contribution >= 4 is 35.7 Å². The number of hydrogen-bond acceptors (Lipinski definition) is 4. The number of ether oxygens (including phenoxy) is 1. The van der Waals surface area contributed by atoms with Crippen molar-refractivity contribution in [2.45, 2.75) is 18.4 Å². The van der Waals surface area contributed by atoms with Crippen LogP contribution in [0, 0.1) is 0 Å². The molecular weight excluding hydrogens is 287 g/mol. The van der Waals surface area contributed by atoms with Crippen LogP contribution in [0.15, 0.2) is 24.3 Å². The first-order valence-corrected chi connectivity index (χ1v) is 6.31. The average molecular weight is 305 g/mol. The number of nitrogens with zero attached hydrogens (tertiary/aromatic N) is 1. The summed E-state index contributed by atoms with van der Waals surface area (Å²) in [4.78, 5) is 13.8. The summed E-state index contributed by atoms with van der Waals surface area (Å²) < 4.78 is 4.75. The van der Waals surface area contributed by atoms with E-state index < -0.39 is 5.54 Å². The molecule has 19 heavy (non-hydrogen) atoms. The van der Waals surface area contributed by atoms with Gasteiger partial charge in [-0.05, 0) is 25.0 Å². The number of rotatable bonds is 2. The van der Waals surface area contributed by atoms with Crippen molar-refractivity contribution in [3.05, 3.63) is 29.3 Å². The second-order valence-electron chi connectivity index (χ2n) is 4.59. The second kappa shape index (κ2) is 6.46. The zero-order chi connectivity index (χ0) is 13.2. The van der Waals surface area contributed by atoms with Crippen molar-refractivity contribution in [2.24, 2.45) is 5.73 Å². The molecule has 1 aliphatic rings. The van der Waals surface area contributed by atoms with E-state index in [1.165, 1.54) is 7.11 Å². The topological polar surface area (TPSA) is 55.6 Å². The van der Waals surface area contributed by atoms with E-state index in [0.29, 0.717) is 25.9 Å². The number of nitrogens with two attached hydrogens (primary N) is 1. The molecule has 0 amide bonds. The number of piperidine rings is 1. The number of carbonyl (C=O) groups is 1. The smallest absolute Gasteiger partial charge is 0.325 e. The number of esters is 1. The van der Waals surface area contributed by atoms with Crippen molar-refractivity contribution in [3.8, 4) is 0 Å². The van der Waals surface area contributed by atoms with Gasteiger partial charge in [0, 0.05) is 13.1 Å². The molecule has 0 spiro atoms. The van der Waals surface area contributed by atoms with Crippen molar-refractivity contribution < 1.29 is 9.53 Å². The summed E-state index contributed by atoms with van der Waals surface area (Å²) in [6.45, 7) is 1.41. The summed E-state index contributed by atoms with van der Waals surface area (Å²) in [5.41, 5.74) is 6.19. The van der Waals surface area contributed by atoms with Gasteiger partial charge in [-0.25, -0.2) is 0 Å². The molecule has 2 rings (SSSR count). The Kier molecular flexibility index (Phi) is 5.47. The van der Waals surface area contributed by atoms with Crippen LogP contribution in [-0.4, -0.2) is 31.7 Å². The molecule has 0 atom stereocenters. The molecule has 1 fully saturated rings.